The van der Waals surface area contributed by atoms with E-state index in [2.05, 4.69) is 0 Å². The fourth-order valence-corrected chi connectivity index (χ4v) is 4.28. The topological polar surface area (TPSA) is 113 Å². The van der Waals surface area contributed by atoms with E-state index in [4.69, 9.17) is 4.84 Å². The Balaban J connectivity index is 2.37. The molecule has 1 aromatic rings. The lowest BCUT2D eigenvalue weighted by Crippen LogP contribution is -2.45. The zero-order chi connectivity index (χ0) is 20.4. The summed E-state index contributed by atoms with van der Waals surface area (Å²) in [5.41, 5.74) is 0.0708. The molecule has 11 heteroatoms. The number of hydrogen-bond donors (Lipinski definition) is 0. The number of benzene rings is 1. The Hall–Kier alpha value is -2.24. The number of nitro benzene ring substituents is 1. The van der Waals surface area contributed by atoms with E-state index in [1.54, 1.807) is 11.9 Å². The average molecular weight is 400 g/mol. The molecule has 0 atom stereocenters. The number of hydroxylamine groups is 1. The largest absolute Gasteiger partial charge is 0.370 e. The number of non-ortho nitro benzene ring substituents is 1. The van der Waals surface area contributed by atoms with Crippen molar-refractivity contribution in [2.24, 2.45) is 0 Å². The third-order valence-electron chi connectivity index (χ3n) is 4.88. The standard InChI is InChI=1S/C16H24N4O6S/c1-12(21)17(2)13-7-9-19(10-8-13)15-6-5-14(20(22)23)11-16(15)27(24,25)18(3)26-4/h5-6,11,13H,7-10H2,1-4H3. The molecule has 2 rings (SSSR count). The van der Waals surface area contributed by atoms with Gasteiger partial charge in [-0.15, -0.1) is 0 Å². The van der Waals surface area contributed by atoms with Crippen molar-refractivity contribution in [3.05, 3.63) is 28.3 Å². The van der Waals surface area contributed by atoms with Gasteiger partial charge in [-0.2, -0.15) is 0 Å². The number of sulfonamides is 1. The minimum absolute atomic E-state index is 0.0197. The molecule has 0 aromatic heterocycles. The maximum atomic E-state index is 12.8. The molecule has 0 unspecified atom stereocenters. The first-order chi connectivity index (χ1) is 12.6. The first-order valence-corrected chi connectivity index (χ1v) is 9.83. The summed E-state index contributed by atoms with van der Waals surface area (Å²) in [6.45, 7) is 2.56. The monoisotopic (exact) mass is 400 g/mol. The summed E-state index contributed by atoms with van der Waals surface area (Å²) in [6, 6.07) is 3.87. The van der Waals surface area contributed by atoms with Crippen molar-refractivity contribution in [1.82, 2.24) is 9.37 Å². The fraction of sp³-hybridized carbons (Fsp3) is 0.562. The highest BCUT2D eigenvalue weighted by Gasteiger charge is 2.31. The van der Waals surface area contributed by atoms with Crippen LogP contribution in [0.2, 0.25) is 0 Å². The molecule has 0 bridgehead atoms. The minimum atomic E-state index is -4.07. The molecule has 1 aliphatic rings. The smallest absolute Gasteiger partial charge is 0.270 e. The van der Waals surface area contributed by atoms with E-state index in [-0.39, 0.29) is 22.5 Å². The second kappa shape index (κ2) is 8.19. The van der Waals surface area contributed by atoms with Crippen LogP contribution >= 0.6 is 0 Å². The maximum absolute atomic E-state index is 12.8. The third-order valence-corrected chi connectivity index (χ3v) is 6.59. The summed E-state index contributed by atoms with van der Waals surface area (Å²) in [6.07, 6.45) is 1.35. The molecule has 27 heavy (non-hydrogen) atoms. The molecule has 0 N–H and O–H groups in total. The average Bonchev–Trinajstić information content (AvgIpc) is 2.66. The summed E-state index contributed by atoms with van der Waals surface area (Å²) in [5, 5.41) is 11.1. The highest BCUT2D eigenvalue weighted by atomic mass is 32.2. The number of anilines is 1. The van der Waals surface area contributed by atoms with Gasteiger partial charge >= 0.3 is 0 Å². The lowest BCUT2D eigenvalue weighted by molar-refractivity contribution is -0.385. The normalized spacial score (nSPS) is 15.8. The summed E-state index contributed by atoms with van der Waals surface area (Å²) in [5.74, 6) is -0.0197. The van der Waals surface area contributed by atoms with Crippen molar-refractivity contribution in [2.75, 3.05) is 39.2 Å². The van der Waals surface area contributed by atoms with Crippen molar-refractivity contribution >= 4 is 27.3 Å². The molecule has 0 aliphatic carbocycles. The van der Waals surface area contributed by atoms with Gasteiger partial charge < -0.3 is 9.80 Å². The number of nitrogens with zero attached hydrogens (tertiary/aromatic N) is 4. The van der Waals surface area contributed by atoms with Crippen molar-refractivity contribution in [2.45, 2.75) is 30.7 Å². The molecule has 1 aromatic carbocycles. The molecule has 1 aliphatic heterocycles. The molecule has 1 heterocycles. The van der Waals surface area contributed by atoms with Crippen molar-refractivity contribution in [1.29, 1.82) is 0 Å². The molecule has 0 saturated carbocycles. The van der Waals surface area contributed by atoms with E-state index in [0.29, 0.717) is 36.1 Å². The van der Waals surface area contributed by atoms with Crippen LogP contribution in [-0.4, -0.2) is 69.0 Å². The minimum Gasteiger partial charge on any atom is -0.370 e. The molecular weight excluding hydrogens is 376 g/mol. The lowest BCUT2D eigenvalue weighted by atomic mass is 10.0. The van der Waals surface area contributed by atoms with Gasteiger partial charge in [0.15, 0.2) is 0 Å². The van der Waals surface area contributed by atoms with Crippen LogP contribution in [-0.2, 0) is 19.7 Å². The van der Waals surface area contributed by atoms with Gasteiger partial charge in [0, 0.05) is 52.3 Å². The molecule has 0 spiro atoms. The molecule has 1 amide bonds. The number of carbonyl (C=O) groups is 1. The molecule has 10 nitrogen and oxygen atoms in total. The van der Waals surface area contributed by atoms with Gasteiger partial charge in [-0.25, -0.2) is 8.42 Å². The van der Waals surface area contributed by atoms with Gasteiger partial charge in [-0.05, 0) is 18.9 Å². The van der Waals surface area contributed by atoms with Crippen LogP contribution in [0.5, 0.6) is 0 Å². The Morgan fingerprint density at radius 2 is 1.89 bits per heavy atom. The van der Waals surface area contributed by atoms with Gasteiger partial charge in [0.25, 0.3) is 15.7 Å². The quantitative estimate of drug-likeness (QED) is 0.521. The molecule has 1 fully saturated rings. The Bertz CT molecular complexity index is 820. The summed E-state index contributed by atoms with van der Waals surface area (Å²) in [7, 11) is 0.114. The second-order valence-electron chi connectivity index (χ2n) is 6.35. The highest BCUT2D eigenvalue weighted by Crippen LogP contribution is 2.33. The van der Waals surface area contributed by atoms with E-state index in [9.17, 15) is 23.3 Å². The Kier molecular flexibility index (Phi) is 6.39. The Labute approximate surface area is 158 Å². The van der Waals surface area contributed by atoms with Gasteiger partial charge in [0.2, 0.25) is 5.91 Å². The van der Waals surface area contributed by atoms with Crippen LogP contribution in [0.15, 0.2) is 23.1 Å². The van der Waals surface area contributed by atoms with E-state index in [0.717, 1.165) is 6.07 Å². The van der Waals surface area contributed by atoms with Crippen LogP contribution in [0.25, 0.3) is 0 Å². The molecular formula is C16H24N4O6S. The second-order valence-corrected chi connectivity index (χ2v) is 8.26. The van der Waals surface area contributed by atoms with Crippen molar-refractivity contribution in [3.8, 4) is 0 Å². The van der Waals surface area contributed by atoms with Gasteiger partial charge in [-0.1, -0.05) is 4.47 Å². The molecule has 150 valence electrons. The predicted molar refractivity (Wildman–Crippen MR) is 98.7 cm³/mol. The first-order valence-electron chi connectivity index (χ1n) is 8.39. The van der Waals surface area contributed by atoms with Crippen LogP contribution in [0.4, 0.5) is 11.4 Å². The summed E-state index contributed by atoms with van der Waals surface area (Å²) >= 11 is 0. The number of nitro groups is 1. The van der Waals surface area contributed by atoms with Crippen LogP contribution in [0, 0.1) is 10.1 Å². The van der Waals surface area contributed by atoms with Crippen LogP contribution < -0.4 is 4.90 Å². The first kappa shape index (κ1) is 21.1. The number of amides is 1. The van der Waals surface area contributed by atoms with E-state index >= 15 is 0 Å². The SMILES string of the molecule is CON(C)S(=O)(=O)c1cc([N+](=O)[O-])ccc1N1CCC(N(C)C(C)=O)CC1. The zero-order valence-electron chi connectivity index (χ0n) is 15.8. The van der Waals surface area contributed by atoms with Crippen LogP contribution in [0.1, 0.15) is 19.8 Å². The Morgan fingerprint density at radius 1 is 1.30 bits per heavy atom. The third kappa shape index (κ3) is 4.37. The Morgan fingerprint density at radius 3 is 2.37 bits per heavy atom. The van der Waals surface area contributed by atoms with Gasteiger partial charge in [0.05, 0.1) is 17.7 Å². The maximum Gasteiger partial charge on any atom is 0.270 e. The fourth-order valence-electron chi connectivity index (χ4n) is 3.07. The lowest BCUT2D eigenvalue weighted by Gasteiger charge is -2.38. The van der Waals surface area contributed by atoms with E-state index < -0.39 is 14.9 Å². The summed E-state index contributed by atoms with van der Waals surface area (Å²) in [4.78, 5) is 30.2. The molecule has 0 radical (unpaired) electrons. The van der Waals surface area contributed by atoms with Gasteiger partial charge in [0.1, 0.15) is 4.90 Å². The van der Waals surface area contributed by atoms with Gasteiger partial charge in [-0.3, -0.25) is 19.7 Å². The number of hydrogen-bond acceptors (Lipinski definition) is 7. The molecule has 1 saturated heterocycles. The predicted octanol–water partition coefficient (Wildman–Crippen LogP) is 1.22. The number of carbonyl (C=O) groups excluding carboxylic acids is 1. The summed E-state index contributed by atoms with van der Waals surface area (Å²) < 4.78 is 26.2. The highest BCUT2D eigenvalue weighted by molar-refractivity contribution is 7.89. The van der Waals surface area contributed by atoms with Crippen molar-refractivity contribution in [3.63, 3.8) is 0 Å². The van der Waals surface area contributed by atoms with E-state index in [1.807, 2.05) is 4.90 Å². The number of piperidine rings is 1. The van der Waals surface area contributed by atoms with E-state index in [1.165, 1.54) is 33.2 Å². The zero-order valence-corrected chi connectivity index (χ0v) is 16.6. The van der Waals surface area contributed by atoms with Crippen molar-refractivity contribution < 1.29 is 23.0 Å². The number of rotatable bonds is 6. The van der Waals surface area contributed by atoms with Crippen LogP contribution in [0.3, 0.4) is 0 Å².